The molecule has 1 atom stereocenters. The molecule has 1 saturated heterocycles. The molecule has 2 aromatic rings. The SMILES string of the molecule is CC(NC(=O)/C=C/c1ccccc1)C(=O)N1CCN(c2cccc([N+](=O)[O-])c2)CC1. The Balaban J connectivity index is 1.50. The van der Waals surface area contributed by atoms with E-state index in [9.17, 15) is 19.7 Å². The summed E-state index contributed by atoms with van der Waals surface area (Å²) in [5, 5.41) is 13.7. The molecule has 8 heteroatoms. The van der Waals surface area contributed by atoms with Crippen molar-refractivity contribution in [3.8, 4) is 0 Å². The van der Waals surface area contributed by atoms with Crippen LogP contribution < -0.4 is 10.2 Å². The molecular weight excluding hydrogens is 384 g/mol. The number of nitrogens with one attached hydrogen (secondary N) is 1. The third kappa shape index (κ3) is 5.44. The molecule has 0 saturated carbocycles. The molecule has 2 amide bonds. The number of nitro groups is 1. The molecule has 8 nitrogen and oxygen atoms in total. The Morgan fingerprint density at radius 2 is 1.77 bits per heavy atom. The number of non-ortho nitro benzene ring substituents is 1. The van der Waals surface area contributed by atoms with Crippen LogP contribution >= 0.6 is 0 Å². The zero-order valence-corrected chi connectivity index (χ0v) is 16.7. The second-order valence-electron chi connectivity index (χ2n) is 7.06. The van der Waals surface area contributed by atoms with Crippen LogP contribution in [0.3, 0.4) is 0 Å². The standard InChI is InChI=1S/C22H24N4O4/c1-17(23-21(27)11-10-18-6-3-2-4-7-18)22(28)25-14-12-24(13-15-25)19-8-5-9-20(16-19)26(29)30/h2-11,16-17H,12-15H2,1H3,(H,23,27)/b11-10+. The lowest BCUT2D eigenvalue weighted by molar-refractivity contribution is -0.384. The van der Waals surface area contributed by atoms with Crippen molar-refractivity contribution in [2.24, 2.45) is 0 Å². The van der Waals surface area contributed by atoms with E-state index in [1.807, 2.05) is 41.3 Å². The van der Waals surface area contributed by atoms with E-state index in [1.165, 1.54) is 12.1 Å². The fourth-order valence-electron chi connectivity index (χ4n) is 3.32. The fourth-order valence-corrected chi connectivity index (χ4v) is 3.32. The van der Waals surface area contributed by atoms with Crippen LogP contribution in [0.1, 0.15) is 12.5 Å². The first kappa shape index (κ1) is 21.0. The van der Waals surface area contributed by atoms with Gasteiger partial charge >= 0.3 is 0 Å². The van der Waals surface area contributed by atoms with Crippen LogP contribution in [0.5, 0.6) is 0 Å². The van der Waals surface area contributed by atoms with Gasteiger partial charge < -0.3 is 15.1 Å². The van der Waals surface area contributed by atoms with Gasteiger partial charge in [0.05, 0.1) is 4.92 Å². The molecular formula is C22H24N4O4. The monoisotopic (exact) mass is 408 g/mol. The highest BCUT2D eigenvalue weighted by molar-refractivity contribution is 5.95. The minimum atomic E-state index is -0.637. The number of piperazine rings is 1. The molecule has 0 spiro atoms. The Hall–Kier alpha value is -3.68. The minimum absolute atomic E-state index is 0.0471. The van der Waals surface area contributed by atoms with E-state index in [0.29, 0.717) is 26.2 Å². The number of benzene rings is 2. The fraction of sp³-hybridized carbons (Fsp3) is 0.273. The molecule has 0 aromatic heterocycles. The largest absolute Gasteiger partial charge is 0.368 e. The maximum absolute atomic E-state index is 12.7. The first-order chi connectivity index (χ1) is 14.4. The molecule has 1 fully saturated rings. The molecule has 2 aromatic carbocycles. The smallest absolute Gasteiger partial charge is 0.271 e. The van der Waals surface area contributed by atoms with Crippen molar-refractivity contribution >= 4 is 29.3 Å². The molecule has 1 unspecified atom stereocenters. The summed E-state index contributed by atoms with van der Waals surface area (Å²) in [5.74, 6) is -0.468. The number of amides is 2. The Morgan fingerprint density at radius 1 is 1.07 bits per heavy atom. The predicted molar refractivity (Wildman–Crippen MR) is 115 cm³/mol. The third-order valence-corrected chi connectivity index (χ3v) is 4.95. The van der Waals surface area contributed by atoms with Crippen molar-refractivity contribution in [1.82, 2.24) is 10.2 Å². The van der Waals surface area contributed by atoms with Crippen LogP contribution in [0, 0.1) is 10.1 Å². The Kier molecular flexibility index (Phi) is 6.79. The van der Waals surface area contributed by atoms with E-state index in [-0.39, 0.29) is 17.5 Å². The van der Waals surface area contributed by atoms with Gasteiger partial charge in [0, 0.05) is 50.1 Å². The van der Waals surface area contributed by atoms with Crippen LogP contribution in [-0.2, 0) is 9.59 Å². The van der Waals surface area contributed by atoms with Crippen LogP contribution in [0.25, 0.3) is 6.08 Å². The maximum atomic E-state index is 12.7. The van der Waals surface area contributed by atoms with Crippen molar-refractivity contribution in [2.75, 3.05) is 31.1 Å². The van der Waals surface area contributed by atoms with Gasteiger partial charge in [0.25, 0.3) is 5.69 Å². The topological polar surface area (TPSA) is 95.8 Å². The normalized spacial score (nSPS) is 15.1. The van der Waals surface area contributed by atoms with Crippen LogP contribution in [0.15, 0.2) is 60.7 Å². The average molecular weight is 408 g/mol. The molecule has 0 aliphatic carbocycles. The lowest BCUT2D eigenvalue weighted by Gasteiger charge is -2.37. The minimum Gasteiger partial charge on any atom is -0.368 e. The number of carbonyl (C=O) groups excluding carboxylic acids is 2. The van der Waals surface area contributed by atoms with E-state index in [4.69, 9.17) is 0 Å². The Morgan fingerprint density at radius 3 is 2.43 bits per heavy atom. The number of nitrogens with zero attached hydrogens (tertiary/aromatic N) is 3. The lowest BCUT2D eigenvalue weighted by atomic mass is 10.2. The van der Waals surface area contributed by atoms with Gasteiger partial charge in [-0.05, 0) is 24.6 Å². The quantitative estimate of drug-likeness (QED) is 0.450. The summed E-state index contributed by atoms with van der Waals surface area (Å²) in [5.41, 5.74) is 1.72. The number of rotatable bonds is 6. The highest BCUT2D eigenvalue weighted by Gasteiger charge is 2.26. The van der Waals surface area contributed by atoms with Gasteiger partial charge in [0.1, 0.15) is 6.04 Å². The Labute approximate surface area is 174 Å². The molecule has 1 aliphatic rings. The van der Waals surface area contributed by atoms with Crippen molar-refractivity contribution in [2.45, 2.75) is 13.0 Å². The van der Waals surface area contributed by atoms with Gasteiger partial charge in [-0.15, -0.1) is 0 Å². The van der Waals surface area contributed by atoms with Gasteiger partial charge in [-0.3, -0.25) is 19.7 Å². The van der Waals surface area contributed by atoms with Crippen molar-refractivity contribution < 1.29 is 14.5 Å². The predicted octanol–water partition coefficient (Wildman–Crippen LogP) is 2.46. The van der Waals surface area contributed by atoms with Crippen molar-refractivity contribution in [1.29, 1.82) is 0 Å². The van der Waals surface area contributed by atoms with E-state index in [2.05, 4.69) is 5.32 Å². The van der Waals surface area contributed by atoms with E-state index >= 15 is 0 Å². The summed E-state index contributed by atoms with van der Waals surface area (Å²) >= 11 is 0. The zero-order valence-electron chi connectivity index (χ0n) is 16.7. The lowest BCUT2D eigenvalue weighted by Crippen LogP contribution is -2.54. The molecule has 3 rings (SSSR count). The molecule has 30 heavy (non-hydrogen) atoms. The van der Waals surface area contributed by atoms with Gasteiger partial charge in [0.15, 0.2) is 0 Å². The van der Waals surface area contributed by atoms with Gasteiger partial charge in [-0.2, -0.15) is 0 Å². The van der Waals surface area contributed by atoms with E-state index < -0.39 is 11.0 Å². The van der Waals surface area contributed by atoms with Crippen LogP contribution in [0.2, 0.25) is 0 Å². The van der Waals surface area contributed by atoms with Crippen molar-refractivity contribution in [3.63, 3.8) is 0 Å². The highest BCUT2D eigenvalue weighted by Crippen LogP contribution is 2.22. The van der Waals surface area contributed by atoms with Crippen molar-refractivity contribution in [3.05, 3.63) is 76.4 Å². The molecule has 156 valence electrons. The third-order valence-electron chi connectivity index (χ3n) is 4.95. The average Bonchev–Trinajstić information content (AvgIpc) is 2.78. The molecule has 0 radical (unpaired) electrons. The second-order valence-corrected chi connectivity index (χ2v) is 7.06. The summed E-state index contributed by atoms with van der Waals surface area (Å²) in [6.45, 7) is 3.79. The number of carbonyl (C=O) groups is 2. The number of anilines is 1. The van der Waals surface area contributed by atoms with Crippen LogP contribution in [-0.4, -0.2) is 53.9 Å². The number of nitro benzene ring substituents is 1. The molecule has 1 heterocycles. The summed E-state index contributed by atoms with van der Waals surface area (Å²) < 4.78 is 0. The number of hydrogen-bond acceptors (Lipinski definition) is 5. The maximum Gasteiger partial charge on any atom is 0.271 e. The van der Waals surface area contributed by atoms with E-state index in [0.717, 1.165) is 11.3 Å². The van der Waals surface area contributed by atoms with Gasteiger partial charge in [-0.1, -0.05) is 36.4 Å². The summed E-state index contributed by atoms with van der Waals surface area (Å²) in [6.07, 6.45) is 3.11. The number of hydrogen-bond donors (Lipinski definition) is 1. The van der Waals surface area contributed by atoms with Gasteiger partial charge in [0.2, 0.25) is 11.8 Å². The second kappa shape index (κ2) is 9.69. The van der Waals surface area contributed by atoms with Crippen LogP contribution in [0.4, 0.5) is 11.4 Å². The summed E-state index contributed by atoms with van der Waals surface area (Å²) in [4.78, 5) is 39.0. The first-order valence-electron chi connectivity index (χ1n) is 9.76. The molecule has 1 aliphatic heterocycles. The van der Waals surface area contributed by atoms with E-state index in [1.54, 1.807) is 30.0 Å². The molecule has 0 bridgehead atoms. The molecule has 1 N–H and O–H groups in total. The summed E-state index contributed by atoms with van der Waals surface area (Å²) in [7, 11) is 0. The highest BCUT2D eigenvalue weighted by atomic mass is 16.6. The first-order valence-corrected chi connectivity index (χ1v) is 9.76. The Bertz CT molecular complexity index is 937. The summed E-state index contributed by atoms with van der Waals surface area (Å²) in [6, 6.07) is 15.3. The zero-order chi connectivity index (χ0) is 21.5. The van der Waals surface area contributed by atoms with Gasteiger partial charge in [-0.25, -0.2) is 0 Å².